The van der Waals surface area contributed by atoms with Crippen LogP contribution in [0.2, 0.25) is 0 Å². The summed E-state index contributed by atoms with van der Waals surface area (Å²) in [5.74, 6) is -0.529. The largest absolute Gasteiger partial charge is 0.383 e. The van der Waals surface area contributed by atoms with Crippen molar-refractivity contribution >= 4 is 29.2 Å². The van der Waals surface area contributed by atoms with Crippen LogP contribution in [0.25, 0.3) is 10.9 Å². The van der Waals surface area contributed by atoms with E-state index in [2.05, 4.69) is 0 Å². The van der Waals surface area contributed by atoms with Crippen molar-refractivity contribution in [1.82, 2.24) is 9.47 Å². The van der Waals surface area contributed by atoms with Crippen molar-refractivity contribution in [2.75, 3.05) is 26.8 Å². The maximum atomic E-state index is 14.4. The number of halogens is 3. The molecule has 8 heteroatoms. The molecule has 0 bridgehead atoms. The first kappa shape index (κ1) is 25.1. The molecule has 0 aliphatic carbocycles. The molecule has 0 radical (unpaired) electrons. The average molecular weight is 478 g/mol. The Labute approximate surface area is 198 Å². The summed E-state index contributed by atoms with van der Waals surface area (Å²) in [4.78, 5) is 15.2. The summed E-state index contributed by atoms with van der Waals surface area (Å²) in [6.07, 6.45) is 3.17. The number of ether oxygens (including phenoxy) is 1. The molecule has 3 aromatic rings. The Balaban J connectivity index is 0.00000306. The molecule has 1 saturated heterocycles. The number of hydrogen-bond acceptors (Lipinski definition) is 3. The smallest absolute Gasteiger partial charge is 0.256 e. The third-order valence-corrected chi connectivity index (χ3v) is 6.51. The molecule has 0 spiro atoms. The predicted octanol–water partition coefficient (Wildman–Crippen LogP) is 4.77. The topological polar surface area (TPSA) is 60.5 Å². The maximum absolute atomic E-state index is 14.4. The number of methoxy groups -OCH3 is 1. The zero-order valence-corrected chi connectivity index (χ0v) is 19.8. The highest BCUT2D eigenvalue weighted by atomic mass is 35.5. The van der Waals surface area contributed by atoms with Crippen LogP contribution in [0.15, 0.2) is 36.5 Å². The summed E-state index contributed by atoms with van der Waals surface area (Å²) in [5, 5.41) is 0.744. The lowest BCUT2D eigenvalue weighted by atomic mass is 9.88. The third-order valence-electron chi connectivity index (χ3n) is 6.51. The predicted molar refractivity (Wildman–Crippen MR) is 128 cm³/mol. The molecule has 1 aliphatic heterocycles. The number of carbonyl (C=O) groups is 1. The second-order valence-corrected chi connectivity index (χ2v) is 8.42. The van der Waals surface area contributed by atoms with Crippen LogP contribution >= 0.6 is 12.4 Å². The van der Waals surface area contributed by atoms with E-state index in [1.807, 2.05) is 15.5 Å². The summed E-state index contributed by atoms with van der Waals surface area (Å²) in [5.41, 5.74) is 9.11. The fourth-order valence-electron chi connectivity index (χ4n) is 4.69. The van der Waals surface area contributed by atoms with Gasteiger partial charge in [-0.3, -0.25) is 4.79 Å². The highest BCUT2D eigenvalue weighted by Crippen LogP contribution is 2.33. The molecule has 1 fully saturated rings. The van der Waals surface area contributed by atoms with Gasteiger partial charge in [-0.1, -0.05) is 12.1 Å². The number of nitrogens with two attached hydrogens (primary N) is 1. The number of piperidine rings is 1. The minimum Gasteiger partial charge on any atom is -0.383 e. The second-order valence-electron chi connectivity index (χ2n) is 8.42. The van der Waals surface area contributed by atoms with E-state index < -0.39 is 0 Å². The number of amides is 1. The molecule has 5 nitrogen and oxygen atoms in total. The van der Waals surface area contributed by atoms with E-state index in [1.165, 1.54) is 12.1 Å². The quantitative estimate of drug-likeness (QED) is 0.556. The molecule has 0 saturated carbocycles. The Morgan fingerprint density at radius 2 is 1.85 bits per heavy atom. The van der Waals surface area contributed by atoms with Crippen LogP contribution in [0.1, 0.15) is 45.8 Å². The Morgan fingerprint density at radius 3 is 2.52 bits per heavy atom. The van der Waals surface area contributed by atoms with Gasteiger partial charge in [0.25, 0.3) is 5.91 Å². The van der Waals surface area contributed by atoms with Crippen LogP contribution in [0, 0.1) is 18.6 Å². The van der Waals surface area contributed by atoms with Crippen LogP contribution in [-0.4, -0.2) is 42.2 Å². The third kappa shape index (κ3) is 4.90. The van der Waals surface area contributed by atoms with Crippen molar-refractivity contribution < 1.29 is 18.3 Å². The Hall–Kier alpha value is -2.48. The van der Waals surface area contributed by atoms with E-state index in [1.54, 1.807) is 32.4 Å². The molecule has 1 aliphatic rings. The van der Waals surface area contributed by atoms with Crippen molar-refractivity contribution in [3.8, 4) is 0 Å². The fraction of sp³-hybridized carbons (Fsp3) is 0.400. The molecule has 0 unspecified atom stereocenters. The first-order chi connectivity index (χ1) is 15.4. The molecule has 33 heavy (non-hydrogen) atoms. The molecule has 0 atom stereocenters. The van der Waals surface area contributed by atoms with Crippen LogP contribution in [0.5, 0.6) is 0 Å². The van der Waals surface area contributed by atoms with Crippen LogP contribution in [0.4, 0.5) is 8.78 Å². The Morgan fingerprint density at radius 1 is 1.15 bits per heavy atom. The second kappa shape index (κ2) is 10.6. The summed E-state index contributed by atoms with van der Waals surface area (Å²) in [6.45, 7) is 4.18. The van der Waals surface area contributed by atoms with Gasteiger partial charge in [0.1, 0.15) is 11.6 Å². The lowest BCUT2D eigenvalue weighted by molar-refractivity contribution is 0.0714. The standard InChI is InChI=1S/C25H29F2N3O2.ClH/c1-16-22(26)6-4-19-21(15-30(24(16)19)11-12-32-2)25(31)29-9-7-18(8-10-29)20-13-17(14-28)3-5-23(20)27;/h3-6,13,15,18H,7-12,14,28H2,1-2H3;1H. The van der Waals surface area contributed by atoms with Crippen molar-refractivity contribution in [3.05, 3.63) is 70.4 Å². The lowest BCUT2D eigenvalue weighted by Crippen LogP contribution is -2.38. The first-order valence-corrected chi connectivity index (χ1v) is 11.0. The fourth-order valence-corrected chi connectivity index (χ4v) is 4.69. The van der Waals surface area contributed by atoms with Crippen LogP contribution in [-0.2, 0) is 17.8 Å². The van der Waals surface area contributed by atoms with Gasteiger partial charge in [-0.2, -0.15) is 0 Å². The molecule has 1 amide bonds. The zero-order chi connectivity index (χ0) is 22.8. The van der Waals surface area contributed by atoms with E-state index >= 15 is 0 Å². The van der Waals surface area contributed by atoms with Gasteiger partial charge in [0.05, 0.1) is 17.7 Å². The number of likely N-dealkylation sites (tertiary alicyclic amines) is 1. The van der Waals surface area contributed by atoms with Crippen molar-refractivity contribution in [1.29, 1.82) is 0 Å². The molecule has 1 aromatic heterocycles. The minimum absolute atomic E-state index is 0. The first-order valence-electron chi connectivity index (χ1n) is 11.0. The van der Waals surface area contributed by atoms with E-state index in [0.717, 1.165) is 16.5 Å². The van der Waals surface area contributed by atoms with Gasteiger partial charge in [-0.05, 0) is 55.0 Å². The summed E-state index contributed by atoms with van der Waals surface area (Å²) in [6, 6.07) is 8.12. The Bertz CT molecular complexity index is 1140. The van der Waals surface area contributed by atoms with Gasteiger partial charge in [-0.15, -0.1) is 12.4 Å². The van der Waals surface area contributed by atoms with E-state index in [0.29, 0.717) is 62.3 Å². The normalized spacial score (nSPS) is 14.5. The molecular weight excluding hydrogens is 448 g/mol. The van der Waals surface area contributed by atoms with Gasteiger partial charge in [0.15, 0.2) is 0 Å². The molecule has 4 rings (SSSR count). The van der Waals surface area contributed by atoms with Gasteiger partial charge < -0.3 is 19.9 Å². The van der Waals surface area contributed by atoms with Gasteiger partial charge in [-0.25, -0.2) is 8.78 Å². The molecular formula is C25H30ClF2N3O2. The summed E-state index contributed by atoms with van der Waals surface area (Å²) < 4.78 is 35.7. The average Bonchev–Trinajstić information content (AvgIpc) is 3.19. The highest BCUT2D eigenvalue weighted by Gasteiger charge is 2.28. The van der Waals surface area contributed by atoms with Crippen LogP contribution in [0.3, 0.4) is 0 Å². The number of rotatable bonds is 6. The number of fused-ring (bicyclic) bond motifs is 1. The summed E-state index contributed by atoms with van der Waals surface area (Å²) >= 11 is 0. The minimum atomic E-state index is -0.296. The van der Waals surface area contributed by atoms with Gasteiger partial charge >= 0.3 is 0 Å². The SMILES string of the molecule is COCCn1cc(C(=O)N2CCC(c3cc(CN)ccc3F)CC2)c2ccc(F)c(C)c21.Cl. The number of nitrogens with zero attached hydrogens (tertiary/aromatic N) is 2. The molecule has 2 aromatic carbocycles. The number of carbonyl (C=O) groups excluding carboxylic acids is 1. The number of benzene rings is 2. The molecule has 2 heterocycles. The number of aryl methyl sites for hydroxylation is 1. The van der Waals surface area contributed by atoms with E-state index in [9.17, 15) is 13.6 Å². The van der Waals surface area contributed by atoms with Crippen molar-refractivity contribution in [2.45, 2.75) is 38.8 Å². The molecule has 2 N–H and O–H groups in total. The molecule has 178 valence electrons. The Kier molecular flexibility index (Phi) is 8.10. The maximum Gasteiger partial charge on any atom is 0.256 e. The van der Waals surface area contributed by atoms with Crippen molar-refractivity contribution in [2.24, 2.45) is 5.73 Å². The highest BCUT2D eigenvalue weighted by molar-refractivity contribution is 6.07. The van der Waals surface area contributed by atoms with Crippen molar-refractivity contribution in [3.63, 3.8) is 0 Å². The summed E-state index contributed by atoms with van der Waals surface area (Å²) in [7, 11) is 1.61. The lowest BCUT2D eigenvalue weighted by Gasteiger charge is -2.32. The number of aromatic nitrogens is 1. The van der Waals surface area contributed by atoms with Gasteiger partial charge in [0.2, 0.25) is 0 Å². The van der Waals surface area contributed by atoms with Gasteiger partial charge in [0, 0.05) is 50.4 Å². The van der Waals surface area contributed by atoms with E-state index in [4.69, 9.17) is 10.5 Å². The van der Waals surface area contributed by atoms with E-state index in [-0.39, 0.29) is 35.9 Å². The monoisotopic (exact) mass is 477 g/mol. The zero-order valence-electron chi connectivity index (χ0n) is 18.9. The van der Waals surface area contributed by atoms with Crippen LogP contribution < -0.4 is 5.73 Å². The number of hydrogen-bond donors (Lipinski definition) is 1.